The van der Waals surface area contributed by atoms with E-state index in [1.807, 2.05) is 24.3 Å². The number of para-hydroxylation sites is 1. The number of nitrogens with zero attached hydrogens (tertiary/aromatic N) is 2. The summed E-state index contributed by atoms with van der Waals surface area (Å²) in [4.78, 5) is 19.7. The summed E-state index contributed by atoms with van der Waals surface area (Å²) < 4.78 is 5.90. The molecule has 0 atom stereocenters. The van der Waals surface area contributed by atoms with Crippen LogP contribution in [0, 0.1) is 6.92 Å². The van der Waals surface area contributed by atoms with Gasteiger partial charge >= 0.3 is 0 Å². The maximum absolute atomic E-state index is 11.6. The number of nitrogen functional groups attached to an aromatic ring is 1. The van der Waals surface area contributed by atoms with Crippen molar-refractivity contribution in [1.82, 2.24) is 9.97 Å². The van der Waals surface area contributed by atoms with E-state index in [1.54, 1.807) is 6.92 Å². The molecular formula is C17H22N4O2. The van der Waals surface area contributed by atoms with Crippen LogP contribution in [0.3, 0.4) is 0 Å². The second kappa shape index (κ2) is 6.24. The number of hydrogen-bond donors (Lipinski definition) is 2. The summed E-state index contributed by atoms with van der Waals surface area (Å²) >= 11 is 0. The van der Waals surface area contributed by atoms with Gasteiger partial charge in [0, 0.05) is 0 Å². The fraction of sp³-hybridized carbons (Fsp3) is 0.353. The predicted octanol–water partition coefficient (Wildman–Crippen LogP) is 2.34. The number of anilines is 1. The molecule has 0 radical (unpaired) electrons. The normalized spacial score (nSPS) is 11.3. The van der Waals surface area contributed by atoms with E-state index in [0.29, 0.717) is 11.4 Å². The Kier molecular flexibility index (Phi) is 4.54. The molecule has 0 spiro atoms. The Labute approximate surface area is 135 Å². The van der Waals surface area contributed by atoms with E-state index in [0.717, 1.165) is 11.3 Å². The second-order valence-electron chi connectivity index (χ2n) is 6.39. The van der Waals surface area contributed by atoms with Crippen LogP contribution in [-0.2, 0) is 12.0 Å². The quantitative estimate of drug-likeness (QED) is 0.901. The van der Waals surface area contributed by atoms with Crippen LogP contribution in [0.25, 0.3) is 0 Å². The molecule has 1 aromatic carbocycles. The molecule has 0 aliphatic rings. The molecule has 0 saturated carbocycles. The molecule has 4 N–H and O–H groups in total. The predicted molar refractivity (Wildman–Crippen MR) is 89.2 cm³/mol. The Hall–Kier alpha value is -2.63. The van der Waals surface area contributed by atoms with Crippen molar-refractivity contribution in [1.29, 1.82) is 0 Å². The average molecular weight is 314 g/mol. The fourth-order valence-electron chi connectivity index (χ4n) is 2.44. The fourth-order valence-corrected chi connectivity index (χ4v) is 2.44. The number of rotatable bonds is 4. The van der Waals surface area contributed by atoms with Gasteiger partial charge < -0.3 is 16.2 Å². The van der Waals surface area contributed by atoms with Gasteiger partial charge in [-0.15, -0.1) is 0 Å². The van der Waals surface area contributed by atoms with Gasteiger partial charge in [-0.1, -0.05) is 39.0 Å². The molecule has 6 heteroatoms. The van der Waals surface area contributed by atoms with Crippen LogP contribution in [0.2, 0.25) is 0 Å². The Morgan fingerprint density at radius 3 is 2.48 bits per heavy atom. The van der Waals surface area contributed by atoms with Gasteiger partial charge in [-0.25, -0.2) is 9.97 Å². The highest BCUT2D eigenvalue weighted by Gasteiger charge is 2.20. The molecule has 0 fully saturated rings. The number of hydrogen-bond acceptors (Lipinski definition) is 5. The van der Waals surface area contributed by atoms with Crippen molar-refractivity contribution in [2.75, 3.05) is 5.73 Å². The van der Waals surface area contributed by atoms with Crippen molar-refractivity contribution in [2.45, 2.75) is 39.7 Å². The monoisotopic (exact) mass is 314 g/mol. The first-order valence-corrected chi connectivity index (χ1v) is 7.35. The lowest BCUT2D eigenvalue weighted by Gasteiger charge is -2.22. The van der Waals surface area contributed by atoms with Crippen molar-refractivity contribution in [3.05, 3.63) is 46.8 Å². The number of primary amides is 1. The molecule has 1 amide bonds. The molecule has 1 aromatic heterocycles. The molecule has 2 rings (SSSR count). The number of aromatic nitrogens is 2. The maximum atomic E-state index is 11.6. The van der Waals surface area contributed by atoms with Gasteiger partial charge in [0.25, 0.3) is 5.91 Å². The number of nitrogens with two attached hydrogens (primary N) is 2. The zero-order valence-corrected chi connectivity index (χ0v) is 13.9. The third-order valence-electron chi connectivity index (χ3n) is 3.49. The van der Waals surface area contributed by atoms with E-state index >= 15 is 0 Å². The smallest absolute Gasteiger partial charge is 0.252 e. The summed E-state index contributed by atoms with van der Waals surface area (Å²) in [6.45, 7) is 8.09. The van der Waals surface area contributed by atoms with Gasteiger partial charge in [0.1, 0.15) is 12.4 Å². The minimum absolute atomic E-state index is 0.0657. The number of benzene rings is 1. The SMILES string of the molecule is Cc1nc(N)nc(COc2ccccc2C(C)(C)C)c1C(N)=O. The van der Waals surface area contributed by atoms with Gasteiger partial charge in [-0.2, -0.15) is 0 Å². The van der Waals surface area contributed by atoms with Gasteiger partial charge in [-0.3, -0.25) is 4.79 Å². The Bertz CT molecular complexity index is 736. The number of ether oxygens (including phenoxy) is 1. The second-order valence-corrected chi connectivity index (χ2v) is 6.39. The number of aryl methyl sites for hydroxylation is 1. The average Bonchev–Trinajstić information content (AvgIpc) is 2.43. The van der Waals surface area contributed by atoms with Crippen LogP contribution in [0.15, 0.2) is 24.3 Å². The van der Waals surface area contributed by atoms with Crippen LogP contribution in [0.5, 0.6) is 5.75 Å². The Morgan fingerprint density at radius 1 is 1.22 bits per heavy atom. The van der Waals surface area contributed by atoms with Gasteiger partial charge in [-0.05, 0) is 24.0 Å². The summed E-state index contributed by atoms with van der Waals surface area (Å²) in [6, 6.07) is 7.78. The first kappa shape index (κ1) is 16.7. The van der Waals surface area contributed by atoms with Crippen LogP contribution in [0.1, 0.15) is 48.1 Å². The summed E-state index contributed by atoms with van der Waals surface area (Å²) in [5.74, 6) is 0.241. The summed E-state index contributed by atoms with van der Waals surface area (Å²) in [5, 5.41) is 0. The minimum atomic E-state index is -0.592. The molecule has 0 unspecified atom stereocenters. The number of carbonyl (C=O) groups is 1. The number of amides is 1. The highest BCUT2D eigenvalue weighted by atomic mass is 16.5. The van der Waals surface area contributed by atoms with Crippen molar-refractivity contribution in [2.24, 2.45) is 5.73 Å². The van der Waals surface area contributed by atoms with Crippen molar-refractivity contribution in [3.63, 3.8) is 0 Å². The van der Waals surface area contributed by atoms with Crippen molar-refractivity contribution in [3.8, 4) is 5.75 Å². The molecule has 23 heavy (non-hydrogen) atoms. The van der Waals surface area contributed by atoms with E-state index in [2.05, 4.69) is 30.7 Å². The van der Waals surface area contributed by atoms with E-state index in [4.69, 9.17) is 16.2 Å². The molecule has 6 nitrogen and oxygen atoms in total. The maximum Gasteiger partial charge on any atom is 0.252 e. The van der Waals surface area contributed by atoms with Crippen LogP contribution in [0.4, 0.5) is 5.95 Å². The topological polar surface area (TPSA) is 104 Å². The van der Waals surface area contributed by atoms with Crippen molar-refractivity contribution < 1.29 is 9.53 Å². The number of carbonyl (C=O) groups excluding carboxylic acids is 1. The van der Waals surface area contributed by atoms with Crippen LogP contribution in [-0.4, -0.2) is 15.9 Å². The molecule has 2 aromatic rings. The summed E-state index contributed by atoms with van der Waals surface area (Å²) in [6.07, 6.45) is 0. The van der Waals surface area contributed by atoms with E-state index in [-0.39, 0.29) is 23.5 Å². The molecular weight excluding hydrogens is 292 g/mol. The largest absolute Gasteiger partial charge is 0.487 e. The third kappa shape index (κ3) is 3.77. The van der Waals surface area contributed by atoms with Crippen molar-refractivity contribution >= 4 is 11.9 Å². The Balaban J connectivity index is 2.35. The lowest BCUT2D eigenvalue weighted by atomic mass is 9.86. The zero-order chi connectivity index (χ0) is 17.2. The highest BCUT2D eigenvalue weighted by Crippen LogP contribution is 2.31. The lowest BCUT2D eigenvalue weighted by Crippen LogP contribution is -2.20. The minimum Gasteiger partial charge on any atom is -0.487 e. The summed E-state index contributed by atoms with van der Waals surface area (Å²) in [5.41, 5.74) is 13.2. The molecule has 0 bridgehead atoms. The van der Waals surface area contributed by atoms with E-state index in [1.165, 1.54) is 0 Å². The van der Waals surface area contributed by atoms with E-state index < -0.39 is 5.91 Å². The first-order valence-electron chi connectivity index (χ1n) is 7.35. The van der Waals surface area contributed by atoms with Gasteiger partial charge in [0.15, 0.2) is 0 Å². The molecule has 1 heterocycles. The molecule has 0 aliphatic heterocycles. The van der Waals surface area contributed by atoms with E-state index in [9.17, 15) is 4.79 Å². The lowest BCUT2D eigenvalue weighted by molar-refractivity contribution is 0.0996. The Morgan fingerprint density at radius 2 is 1.87 bits per heavy atom. The van der Waals surface area contributed by atoms with Crippen LogP contribution < -0.4 is 16.2 Å². The molecule has 0 saturated heterocycles. The molecule has 0 aliphatic carbocycles. The first-order chi connectivity index (χ1) is 10.7. The zero-order valence-electron chi connectivity index (χ0n) is 13.9. The highest BCUT2D eigenvalue weighted by molar-refractivity contribution is 5.95. The molecule has 122 valence electrons. The standard InChI is InChI=1S/C17H22N4O2/c1-10-14(15(18)22)12(21-16(19)20-10)9-23-13-8-6-5-7-11(13)17(2,3)4/h5-8H,9H2,1-4H3,(H2,18,22)(H2,19,20,21). The van der Waals surface area contributed by atoms with Gasteiger partial charge in [0.2, 0.25) is 5.95 Å². The van der Waals surface area contributed by atoms with Gasteiger partial charge in [0.05, 0.1) is 17.0 Å². The third-order valence-corrected chi connectivity index (χ3v) is 3.49. The van der Waals surface area contributed by atoms with Crippen LogP contribution >= 0.6 is 0 Å². The summed E-state index contributed by atoms with van der Waals surface area (Å²) in [7, 11) is 0.